The third-order valence-electron chi connectivity index (χ3n) is 0.709. The monoisotopic (exact) mass is 111 g/mol. The third kappa shape index (κ3) is 0.841. The molecule has 1 N–H and O–H groups in total. The number of carbonyl (C=O) groups is 1. The topological polar surface area (TPSA) is 44.7 Å². The molecule has 0 spiro atoms. The summed E-state index contributed by atoms with van der Waals surface area (Å²) in [6.07, 6.45) is 5.18. The summed E-state index contributed by atoms with van der Waals surface area (Å²) in [7, 11) is 0. The molecule has 0 fully saturated rings. The number of hydrogen-bond donors (Lipinski definition) is 1. The van der Waals surface area contributed by atoms with E-state index in [1.807, 2.05) is 0 Å². The Morgan fingerprint density at radius 2 is 2.62 bits per heavy atom. The van der Waals surface area contributed by atoms with Gasteiger partial charge in [0.15, 0.2) is 0 Å². The minimum Gasteiger partial charge on any atom is -0.283 e. The molecule has 0 atom stereocenters. The van der Waals surface area contributed by atoms with Crippen LogP contribution in [0.5, 0.6) is 0 Å². The maximum Gasteiger partial charge on any atom is 0.219 e. The Bertz CT molecular complexity index is 128. The fourth-order valence-corrected chi connectivity index (χ4v) is 0.363. The zero-order chi connectivity index (χ0) is 5.82. The van der Waals surface area contributed by atoms with Crippen LogP contribution < -0.4 is 5.43 Å². The second-order valence-electron chi connectivity index (χ2n) is 1.24. The molecule has 0 aromatic rings. The Balaban J connectivity index is 2.54. The molecule has 0 aliphatic carbocycles. The second-order valence-corrected chi connectivity index (χ2v) is 1.24. The normalized spacial score (nSPS) is 15.8. The molecule has 1 rings (SSSR count). The van der Waals surface area contributed by atoms with Gasteiger partial charge in [0.1, 0.15) is 6.34 Å². The molecular weight excluding hydrogens is 106 g/mol. The zero-order valence-corrected chi connectivity index (χ0v) is 4.11. The van der Waals surface area contributed by atoms with Gasteiger partial charge in [-0.2, -0.15) is 5.10 Å². The molecule has 4 heteroatoms. The predicted molar refractivity (Wildman–Crippen MR) is 28.7 cm³/mol. The highest BCUT2D eigenvalue weighted by Gasteiger charge is 1.90. The van der Waals surface area contributed by atoms with Crippen LogP contribution in [0.2, 0.25) is 0 Å². The molecule has 1 aliphatic heterocycles. The van der Waals surface area contributed by atoms with Crippen molar-refractivity contribution < 1.29 is 4.79 Å². The lowest BCUT2D eigenvalue weighted by molar-refractivity contribution is -0.113. The number of amides is 1. The van der Waals surface area contributed by atoms with Gasteiger partial charge in [-0.15, -0.1) is 0 Å². The molecule has 4 nitrogen and oxygen atoms in total. The first-order valence-corrected chi connectivity index (χ1v) is 2.11. The SMILES string of the molecule is O=CN1C=CNN=C1. The van der Waals surface area contributed by atoms with Crippen LogP contribution in [-0.2, 0) is 4.79 Å². The molecule has 0 saturated carbocycles. The first-order valence-electron chi connectivity index (χ1n) is 2.11. The quantitative estimate of drug-likeness (QED) is 0.462. The molecule has 8 heavy (non-hydrogen) atoms. The Kier molecular flexibility index (Phi) is 1.27. The van der Waals surface area contributed by atoms with Gasteiger partial charge in [0, 0.05) is 12.4 Å². The fraction of sp³-hybridized carbons (Fsp3) is 0. The molecule has 0 unspecified atom stereocenters. The van der Waals surface area contributed by atoms with Crippen molar-refractivity contribution in [1.29, 1.82) is 0 Å². The first-order chi connectivity index (χ1) is 3.93. The standard InChI is InChI=1S/C4H5N3O/c8-4-7-2-1-5-6-3-7/h1-5H. The van der Waals surface area contributed by atoms with E-state index in [-0.39, 0.29) is 0 Å². The Morgan fingerprint density at radius 3 is 3.00 bits per heavy atom. The highest BCUT2D eigenvalue weighted by atomic mass is 16.1. The molecule has 1 heterocycles. The molecule has 0 aromatic heterocycles. The summed E-state index contributed by atoms with van der Waals surface area (Å²) in [5.74, 6) is 0. The van der Waals surface area contributed by atoms with Crippen LogP contribution in [0.25, 0.3) is 0 Å². The van der Waals surface area contributed by atoms with Gasteiger partial charge in [0.25, 0.3) is 0 Å². The first kappa shape index (κ1) is 4.83. The minimum absolute atomic E-state index is 0.668. The summed E-state index contributed by atoms with van der Waals surface area (Å²) >= 11 is 0. The van der Waals surface area contributed by atoms with Crippen LogP contribution in [0.1, 0.15) is 0 Å². The molecule has 0 radical (unpaired) electrons. The van der Waals surface area contributed by atoms with Gasteiger partial charge in [-0.1, -0.05) is 0 Å². The minimum atomic E-state index is 0.668. The predicted octanol–water partition coefficient (Wildman–Crippen LogP) is -0.538. The van der Waals surface area contributed by atoms with Crippen LogP contribution in [0.4, 0.5) is 0 Å². The molecule has 1 aliphatic rings. The number of carbonyl (C=O) groups excluding carboxylic acids is 1. The molecule has 0 saturated heterocycles. The lowest BCUT2D eigenvalue weighted by Crippen LogP contribution is -2.18. The van der Waals surface area contributed by atoms with E-state index in [0.717, 1.165) is 0 Å². The van der Waals surface area contributed by atoms with Crippen LogP contribution in [0.15, 0.2) is 17.5 Å². The van der Waals surface area contributed by atoms with E-state index in [4.69, 9.17) is 0 Å². The van der Waals surface area contributed by atoms with E-state index in [1.165, 1.54) is 11.2 Å². The van der Waals surface area contributed by atoms with Crippen LogP contribution in [-0.4, -0.2) is 17.6 Å². The summed E-state index contributed by atoms with van der Waals surface area (Å²) in [4.78, 5) is 11.2. The summed E-state index contributed by atoms with van der Waals surface area (Å²) in [5, 5.41) is 3.56. The lowest BCUT2D eigenvalue weighted by atomic mass is 10.7. The van der Waals surface area contributed by atoms with Crippen LogP contribution >= 0.6 is 0 Å². The van der Waals surface area contributed by atoms with E-state index in [2.05, 4.69) is 10.5 Å². The number of nitrogens with zero attached hydrogens (tertiary/aromatic N) is 2. The summed E-state index contributed by atoms with van der Waals surface area (Å²) in [6.45, 7) is 0. The van der Waals surface area contributed by atoms with Crippen molar-refractivity contribution in [1.82, 2.24) is 10.3 Å². The van der Waals surface area contributed by atoms with Gasteiger partial charge < -0.3 is 0 Å². The van der Waals surface area contributed by atoms with Gasteiger partial charge in [0.2, 0.25) is 6.41 Å². The van der Waals surface area contributed by atoms with Crippen molar-refractivity contribution >= 4 is 12.7 Å². The Hall–Kier alpha value is -1.32. The van der Waals surface area contributed by atoms with Crippen molar-refractivity contribution in [3.05, 3.63) is 12.4 Å². The van der Waals surface area contributed by atoms with E-state index < -0.39 is 0 Å². The van der Waals surface area contributed by atoms with E-state index in [9.17, 15) is 4.79 Å². The third-order valence-corrected chi connectivity index (χ3v) is 0.709. The van der Waals surface area contributed by atoms with Gasteiger partial charge in [-0.05, 0) is 0 Å². The Morgan fingerprint density at radius 1 is 1.75 bits per heavy atom. The van der Waals surface area contributed by atoms with E-state index in [0.29, 0.717) is 6.41 Å². The average molecular weight is 111 g/mol. The Labute approximate surface area is 46.5 Å². The van der Waals surface area contributed by atoms with Crippen LogP contribution in [0, 0.1) is 0 Å². The maximum absolute atomic E-state index is 9.92. The highest BCUT2D eigenvalue weighted by molar-refractivity contribution is 5.74. The van der Waals surface area contributed by atoms with Crippen molar-refractivity contribution in [2.75, 3.05) is 0 Å². The van der Waals surface area contributed by atoms with E-state index in [1.54, 1.807) is 12.4 Å². The average Bonchev–Trinajstić information content (AvgIpc) is 1.90. The van der Waals surface area contributed by atoms with Crippen molar-refractivity contribution in [2.24, 2.45) is 5.10 Å². The maximum atomic E-state index is 9.92. The number of rotatable bonds is 1. The van der Waals surface area contributed by atoms with Gasteiger partial charge in [-0.25, -0.2) is 0 Å². The molecular formula is C4H5N3O. The van der Waals surface area contributed by atoms with Crippen molar-refractivity contribution in [3.8, 4) is 0 Å². The number of nitrogens with one attached hydrogen (secondary N) is 1. The van der Waals surface area contributed by atoms with Crippen molar-refractivity contribution in [3.63, 3.8) is 0 Å². The van der Waals surface area contributed by atoms with Gasteiger partial charge in [-0.3, -0.25) is 15.1 Å². The number of hydrogen-bond acceptors (Lipinski definition) is 3. The zero-order valence-electron chi connectivity index (χ0n) is 4.11. The smallest absolute Gasteiger partial charge is 0.219 e. The summed E-state index contributed by atoms with van der Waals surface area (Å²) < 4.78 is 0. The van der Waals surface area contributed by atoms with Gasteiger partial charge in [0.05, 0.1) is 0 Å². The second kappa shape index (κ2) is 2.11. The van der Waals surface area contributed by atoms with Crippen LogP contribution in [0.3, 0.4) is 0 Å². The molecule has 1 amide bonds. The molecule has 0 aromatic carbocycles. The van der Waals surface area contributed by atoms with Crippen molar-refractivity contribution in [2.45, 2.75) is 0 Å². The fourth-order valence-electron chi connectivity index (χ4n) is 0.363. The summed E-state index contributed by atoms with van der Waals surface area (Å²) in [6, 6.07) is 0. The molecule has 42 valence electrons. The summed E-state index contributed by atoms with van der Waals surface area (Å²) in [5.41, 5.74) is 2.54. The highest BCUT2D eigenvalue weighted by Crippen LogP contribution is 1.82. The molecule has 0 bridgehead atoms. The lowest BCUT2D eigenvalue weighted by Gasteiger charge is -2.06. The van der Waals surface area contributed by atoms with Gasteiger partial charge >= 0.3 is 0 Å². The largest absolute Gasteiger partial charge is 0.283 e. The number of hydrazone groups is 1. The van der Waals surface area contributed by atoms with E-state index >= 15 is 0 Å².